The first-order valence-corrected chi connectivity index (χ1v) is 11.5. The average Bonchev–Trinajstić information content (AvgIpc) is 2.75. The lowest BCUT2D eigenvalue weighted by molar-refractivity contribution is -0.130. The molecule has 0 N–H and O–H groups in total. The lowest BCUT2D eigenvalue weighted by Crippen LogP contribution is -2.35. The van der Waals surface area contributed by atoms with Gasteiger partial charge in [-0.05, 0) is 43.0 Å². The first-order chi connectivity index (χ1) is 14.3. The first kappa shape index (κ1) is 22.4. The van der Waals surface area contributed by atoms with Crippen LogP contribution in [-0.2, 0) is 27.8 Å². The van der Waals surface area contributed by atoms with Crippen LogP contribution in [0.3, 0.4) is 0 Å². The number of nitrogens with zero attached hydrogens (tertiary/aromatic N) is 2. The van der Waals surface area contributed by atoms with Crippen molar-refractivity contribution in [3.05, 3.63) is 65.2 Å². The third-order valence-corrected chi connectivity index (χ3v) is 7.26. The van der Waals surface area contributed by atoms with Crippen molar-refractivity contribution < 1.29 is 22.0 Å². The number of aryl methyl sites for hydroxylation is 1. The van der Waals surface area contributed by atoms with Gasteiger partial charge in [-0.15, -0.1) is 0 Å². The van der Waals surface area contributed by atoms with E-state index in [1.807, 2.05) is 0 Å². The molecule has 1 saturated heterocycles. The molecule has 0 saturated carbocycles. The summed E-state index contributed by atoms with van der Waals surface area (Å²) >= 11 is 0. The van der Waals surface area contributed by atoms with Gasteiger partial charge in [-0.3, -0.25) is 4.79 Å². The van der Waals surface area contributed by atoms with Crippen molar-refractivity contribution in [2.75, 3.05) is 20.1 Å². The Balaban J connectivity index is 1.55. The number of piperidine rings is 1. The summed E-state index contributed by atoms with van der Waals surface area (Å²) in [4.78, 5) is 14.0. The highest BCUT2D eigenvalue weighted by Crippen LogP contribution is 2.21. The Kier molecular flexibility index (Phi) is 7.20. The molecular formula is C22H26F2N2O3S. The molecular weight excluding hydrogens is 410 g/mol. The van der Waals surface area contributed by atoms with E-state index < -0.39 is 21.7 Å². The number of amides is 1. The Morgan fingerprint density at radius 3 is 2.33 bits per heavy atom. The standard InChI is InChI=1S/C22H26F2N2O3S/c1-25(16-18-8-9-19(23)15-21(18)24)22(27)12-7-17-5-10-20(11-6-17)30(28,29)26-13-3-2-4-14-26/h5-6,8-11,15H,2-4,7,12-14,16H2,1H3. The minimum Gasteiger partial charge on any atom is -0.341 e. The van der Waals surface area contributed by atoms with Gasteiger partial charge in [0.15, 0.2) is 0 Å². The Morgan fingerprint density at radius 2 is 1.70 bits per heavy atom. The highest BCUT2D eigenvalue weighted by Gasteiger charge is 2.25. The maximum absolute atomic E-state index is 13.8. The second-order valence-corrected chi connectivity index (χ2v) is 9.53. The van der Waals surface area contributed by atoms with Gasteiger partial charge >= 0.3 is 0 Å². The molecule has 0 spiro atoms. The Labute approximate surface area is 176 Å². The second-order valence-electron chi connectivity index (χ2n) is 7.59. The van der Waals surface area contributed by atoms with Crippen molar-refractivity contribution >= 4 is 15.9 Å². The molecule has 30 heavy (non-hydrogen) atoms. The van der Waals surface area contributed by atoms with E-state index in [-0.39, 0.29) is 29.3 Å². The van der Waals surface area contributed by atoms with Crippen LogP contribution in [0.4, 0.5) is 8.78 Å². The predicted molar refractivity (Wildman–Crippen MR) is 110 cm³/mol. The SMILES string of the molecule is CN(Cc1ccc(F)cc1F)C(=O)CCc1ccc(S(=O)(=O)N2CCCCC2)cc1. The molecule has 1 heterocycles. The van der Waals surface area contributed by atoms with Crippen LogP contribution in [0, 0.1) is 11.6 Å². The average molecular weight is 437 g/mol. The smallest absolute Gasteiger partial charge is 0.243 e. The first-order valence-electron chi connectivity index (χ1n) is 10.0. The van der Waals surface area contributed by atoms with Crippen molar-refractivity contribution in [1.82, 2.24) is 9.21 Å². The van der Waals surface area contributed by atoms with Gasteiger partial charge in [0.2, 0.25) is 15.9 Å². The molecule has 5 nitrogen and oxygen atoms in total. The van der Waals surface area contributed by atoms with E-state index in [4.69, 9.17) is 0 Å². The molecule has 0 atom stereocenters. The molecule has 1 amide bonds. The van der Waals surface area contributed by atoms with Crippen molar-refractivity contribution in [2.24, 2.45) is 0 Å². The molecule has 0 unspecified atom stereocenters. The molecule has 8 heteroatoms. The quantitative estimate of drug-likeness (QED) is 0.665. The highest BCUT2D eigenvalue weighted by molar-refractivity contribution is 7.89. The number of carbonyl (C=O) groups is 1. The van der Waals surface area contributed by atoms with Gasteiger partial charge in [-0.1, -0.05) is 24.6 Å². The van der Waals surface area contributed by atoms with E-state index in [1.54, 1.807) is 31.3 Å². The largest absolute Gasteiger partial charge is 0.341 e. The van der Waals surface area contributed by atoms with E-state index in [0.717, 1.165) is 37.0 Å². The zero-order valence-electron chi connectivity index (χ0n) is 17.0. The highest BCUT2D eigenvalue weighted by atomic mass is 32.2. The van der Waals surface area contributed by atoms with E-state index >= 15 is 0 Å². The molecule has 2 aromatic rings. The molecule has 1 fully saturated rings. The topological polar surface area (TPSA) is 57.7 Å². The Hall–Kier alpha value is -2.32. The van der Waals surface area contributed by atoms with Gasteiger partial charge in [-0.25, -0.2) is 17.2 Å². The Morgan fingerprint density at radius 1 is 1.03 bits per heavy atom. The monoisotopic (exact) mass is 436 g/mol. The maximum Gasteiger partial charge on any atom is 0.243 e. The summed E-state index contributed by atoms with van der Waals surface area (Å²) in [6, 6.07) is 9.91. The van der Waals surface area contributed by atoms with Crippen LogP contribution in [0.5, 0.6) is 0 Å². The zero-order chi connectivity index (χ0) is 21.7. The summed E-state index contributed by atoms with van der Waals surface area (Å²) < 4.78 is 53.7. The molecule has 0 radical (unpaired) electrons. The number of carbonyl (C=O) groups excluding carboxylic acids is 1. The van der Waals surface area contributed by atoms with Gasteiger partial charge in [0, 0.05) is 44.7 Å². The molecule has 3 rings (SSSR count). The molecule has 0 aromatic heterocycles. The summed E-state index contributed by atoms with van der Waals surface area (Å²) in [6.07, 6.45) is 3.47. The van der Waals surface area contributed by atoms with Crippen molar-refractivity contribution in [1.29, 1.82) is 0 Å². The van der Waals surface area contributed by atoms with Gasteiger partial charge in [0.05, 0.1) is 4.90 Å². The van der Waals surface area contributed by atoms with E-state index in [1.165, 1.54) is 15.3 Å². The number of hydrogen-bond acceptors (Lipinski definition) is 3. The van der Waals surface area contributed by atoms with E-state index in [9.17, 15) is 22.0 Å². The third kappa shape index (κ3) is 5.43. The van der Waals surface area contributed by atoms with Crippen LogP contribution in [0.15, 0.2) is 47.4 Å². The zero-order valence-corrected chi connectivity index (χ0v) is 17.8. The van der Waals surface area contributed by atoms with Crippen LogP contribution in [-0.4, -0.2) is 43.7 Å². The van der Waals surface area contributed by atoms with E-state index in [2.05, 4.69) is 0 Å². The fourth-order valence-corrected chi connectivity index (χ4v) is 5.04. The molecule has 0 aliphatic carbocycles. The Bertz CT molecular complexity index is 988. The van der Waals surface area contributed by atoms with Crippen molar-refractivity contribution in [3.8, 4) is 0 Å². The van der Waals surface area contributed by atoms with Crippen molar-refractivity contribution in [2.45, 2.75) is 43.5 Å². The summed E-state index contributed by atoms with van der Waals surface area (Å²) in [5.41, 5.74) is 1.10. The lowest BCUT2D eigenvalue weighted by atomic mass is 10.1. The molecule has 162 valence electrons. The number of hydrogen-bond donors (Lipinski definition) is 0. The molecule has 1 aliphatic rings. The third-order valence-electron chi connectivity index (χ3n) is 5.35. The normalized spacial score (nSPS) is 15.2. The second kappa shape index (κ2) is 9.66. The van der Waals surface area contributed by atoms with Crippen molar-refractivity contribution in [3.63, 3.8) is 0 Å². The van der Waals surface area contributed by atoms with Gasteiger partial charge < -0.3 is 4.90 Å². The molecule has 2 aromatic carbocycles. The number of benzene rings is 2. The summed E-state index contributed by atoms with van der Waals surface area (Å²) in [5, 5.41) is 0. The number of sulfonamides is 1. The minimum absolute atomic E-state index is 0.0535. The summed E-state index contributed by atoms with van der Waals surface area (Å²) in [5.74, 6) is -1.51. The van der Waals surface area contributed by atoms with Gasteiger partial charge in [0.1, 0.15) is 11.6 Å². The molecule has 0 bridgehead atoms. The van der Waals surface area contributed by atoms with Crippen LogP contribution in [0.1, 0.15) is 36.8 Å². The number of halogens is 2. The van der Waals surface area contributed by atoms with E-state index in [0.29, 0.717) is 19.5 Å². The fraction of sp³-hybridized carbons (Fsp3) is 0.409. The van der Waals surface area contributed by atoms with Gasteiger partial charge in [0.25, 0.3) is 0 Å². The van der Waals surface area contributed by atoms with Crippen LogP contribution < -0.4 is 0 Å². The van der Waals surface area contributed by atoms with Crippen LogP contribution in [0.25, 0.3) is 0 Å². The summed E-state index contributed by atoms with van der Waals surface area (Å²) in [7, 11) is -1.90. The lowest BCUT2D eigenvalue weighted by Gasteiger charge is -2.25. The minimum atomic E-state index is -3.47. The number of rotatable bonds is 7. The molecule has 1 aliphatic heterocycles. The fourth-order valence-electron chi connectivity index (χ4n) is 3.52. The van der Waals surface area contributed by atoms with Gasteiger partial charge in [-0.2, -0.15) is 4.31 Å². The maximum atomic E-state index is 13.8. The van der Waals surface area contributed by atoms with Crippen LogP contribution in [0.2, 0.25) is 0 Å². The predicted octanol–water partition coefficient (Wildman–Crippen LogP) is 3.73. The van der Waals surface area contributed by atoms with Crippen LogP contribution >= 0.6 is 0 Å². The summed E-state index contributed by atoms with van der Waals surface area (Å²) in [6.45, 7) is 1.16.